The summed E-state index contributed by atoms with van der Waals surface area (Å²) in [5, 5.41) is 2.55. The summed E-state index contributed by atoms with van der Waals surface area (Å²) in [5.41, 5.74) is 1.22. The Morgan fingerprint density at radius 1 is 1.41 bits per heavy atom. The molecule has 0 aliphatic carbocycles. The monoisotopic (exact) mass is 254 g/mol. The van der Waals surface area contributed by atoms with E-state index in [2.05, 4.69) is 16.6 Å². The average Bonchev–Trinajstić information content (AvgIpc) is 2.31. The second-order valence-electron chi connectivity index (χ2n) is 3.38. The Morgan fingerprint density at radius 2 is 2.06 bits per heavy atom. The molecule has 1 amide bonds. The number of amides is 1. The van der Waals surface area contributed by atoms with Crippen molar-refractivity contribution in [1.82, 2.24) is 4.72 Å². The molecule has 0 spiro atoms. The predicted molar refractivity (Wildman–Crippen MR) is 66.3 cm³/mol. The SMILES string of the molecule is C=CC(=O)Nc1cc(S(=O)(=O)NC)ccc1C. The van der Waals surface area contributed by atoms with E-state index in [1.165, 1.54) is 19.2 Å². The molecule has 0 aliphatic rings. The number of sulfonamides is 1. The van der Waals surface area contributed by atoms with Crippen molar-refractivity contribution in [2.75, 3.05) is 12.4 Å². The molecule has 0 saturated carbocycles. The third-order valence-corrected chi connectivity index (χ3v) is 3.64. The first-order chi connectivity index (χ1) is 7.90. The predicted octanol–water partition coefficient (Wildman–Crippen LogP) is 1.03. The number of aryl methyl sites for hydroxylation is 1. The van der Waals surface area contributed by atoms with E-state index in [-0.39, 0.29) is 10.8 Å². The molecule has 0 bridgehead atoms. The first kappa shape index (κ1) is 13.4. The number of carbonyl (C=O) groups is 1. The van der Waals surface area contributed by atoms with E-state index < -0.39 is 10.0 Å². The van der Waals surface area contributed by atoms with Gasteiger partial charge in [-0.2, -0.15) is 0 Å². The lowest BCUT2D eigenvalue weighted by Crippen LogP contribution is -2.19. The van der Waals surface area contributed by atoms with E-state index in [1.807, 2.05) is 0 Å². The lowest BCUT2D eigenvalue weighted by molar-refractivity contribution is -0.111. The molecule has 1 aromatic rings. The van der Waals surface area contributed by atoms with Gasteiger partial charge in [0.2, 0.25) is 15.9 Å². The number of hydrogen-bond acceptors (Lipinski definition) is 3. The van der Waals surface area contributed by atoms with Crippen LogP contribution >= 0.6 is 0 Å². The first-order valence-electron chi connectivity index (χ1n) is 4.88. The highest BCUT2D eigenvalue weighted by Gasteiger charge is 2.13. The lowest BCUT2D eigenvalue weighted by Gasteiger charge is -2.09. The molecule has 0 atom stereocenters. The highest BCUT2D eigenvalue weighted by molar-refractivity contribution is 7.89. The van der Waals surface area contributed by atoms with Crippen molar-refractivity contribution in [2.24, 2.45) is 0 Å². The van der Waals surface area contributed by atoms with Crippen molar-refractivity contribution in [1.29, 1.82) is 0 Å². The van der Waals surface area contributed by atoms with Crippen molar-refractivity contribution in [3.8, 4) is 0 Å². The molecule has 6 heteroatoms. The number of benzene rings is 1. The van der Waals surface area contributed by atoms with E-state index in [0.717, 1.165) is 11.6 Å². The lowest BCUT2D eigenvalue weighted by atomic mass is 10.2. The summed E-state index contributed by atoms with van der Waals surface area (Å²) in [6, 6.07) is 4.51. The summed E-state index contributed by atoms with van der Waals surface area (Å²) >= 11 is 0. The summed E-state index contributed by atoms with van der Waals surface area (Å²) < 4.78 is 25.4. The van der Waals surface area contributed by atoms with Crippen LogP contribution in [-0.2, 0) is 14.8 Å². The van der Waals surface area contributed by atoms with Crippen LogP contribution < -0.4 is 10.0 Å². The topological polar surface area (TPSA) is 75.3 Å². The average molecular weight is 254 g/mol. The summed E-state index contributed by atoms with van der Waals surface area (Å²) in [6.07, 6.45) is 1.12. The van der Waals surface area contributed by atoms with Crippen molar-refractivity contribution in [3.05, 3.63) is 36.4 Å². The van der Waals surface area contributed by atoms with Gasteiger partial charge in [0, 0.05) is 5.69 Å². The number of carbonyl (C=O) groups excluding carboxylic acids is 1. The zero-order valence-corrected chi connectivity index (χ0v) is 10.5. The van der Waals surface area contributed by atoms with Gasteiger partial charge in [0.15, 0.2) is 0 Å². The highest BCUT2D eigenvalue weighted by Crippen LogP contribution is 2.19. The fourth-order valence-electron chi connectivity index (χ4n) is 1.20. The quantitative estimate of drug-likeness (QED) is 0.788. The first-order valence-corrected chi connectivity index (χ1v) is 6.36. The molecule has 5 nitrogen and oxygen atoms in total. The van der Waals surface area contributed by atoms with Gasteiger partial charge in [-0.15, -0.1) is 0 Å². The van der Waals surface area contributed by atoms with Gasteiger partial charge in [-0.25, -0.2) is 13.1 Å². The molecule has 1 aromatic carbocycles. The zero-order chi connectivity index (χ0) is 13.1. The molecule has 0 unspecified atom stereocenters. The van der Waals surface area contributed by atoms with Crippen LogP contribution in [0.1, 0.15) is 5.56 Å². The van der Waals surface area contributed by atoms with Crippen LogP contribution in [0.2, 0.25) is 0 Å². The smallest absolute Gasteiger partial charge is 0.247 e. The molecule has 0 heterocycles. The molecule has 0 aliphatic heterocycles. The Morgan fingerprint density at radius 3 is 2.59 bits per heavy atom. The summed E-state index contributed by atoms with van der Waals surface area (Å²) in [7, 11) is -2.18. The Bertz CT molecular complexity index is 550. The second kappa shape index (κ2) is 5.11. The highest BCUT2D eigenvalue weighted by atomic mass is 32.2. The van der Waals surface area contributed by atoms with E-state index in [1.54, 1.807) is 13.0 Å². The van der Waals surface area contributed by atoms with Crippen molar-refractivity contribution in [2.45, 2.75) is 11.8 Å². The molecule has 1 rings (SSSR count). The van der Waals surface area contributed by atoms with Crippen LogP contribution in [0.3, 0.4) is 0 Å². The van der Waals surface area contributed by atoms with Gasteiger partial charge < -0.3 is 5.32 Å². The van der Waals surface area contributed by atoms with Crippen molar-refractivity contribution < 1.29 is 13.2 Å². The van der Waals surface area contributed by atoms with Crippen LogP contribution in [0.5, 0.6) is 0 Å². The molecular formula is C11H14N2O3S. The fourth-order valence-corrected chi connectivity index (χ4v) is 1.96. The van der Waals surface area contributed by atoms with Crippen LogP contribution in [0, 0.1) is 6.92 Å². The number of hydrogen-bond donors (Lipinski definition) is 2. The molecule has 0 saturated heterocycles. The standard InChI is InChI=1S/C11H14N2O3S/c1-4-11(14)13-10-7-9(6-5-8(10)2)17(15,16)12-3/h4-7,12H,1H2,2-3H3,(H,13,14). The van der Waals surface area contributed by atoms with Crippen LogP contribution in [0.25, 0.3) is 0 Å². The Hall–Kier alpha value is -1.66. The summed E-state index contributed by atoms with van der Waals surface area (Å²) in [5.74, 6) is -0.382. The van der Waals surface area contributed by atoms with Crippen LogP contribution in [-0.4, -0.2) is 21.4 Å². The van der Waals surface area contributed by atoms with E-state index >= 15 is 0 Å². The van der Waals surface area contributed by atoms with Gasteiger partial charge in [-0.1, -0.05) is 12.6 Å². The van der Waals surface area contributed by atoms with Crippen LogP contribution in [0.4, 0.5) is 5.69 Å². The Balaban J connectivity index is 3.20. The minimum absolute atomic E-state index is 0.102. The molecule has 17 heavy (non-hydrogen) atoms. The van der Waals surface area contributed by atoms with E-state index in [0.29, 0.717) is 5.69 Å². The molecule has 0 aromatic heterocycles. The van der Waals surface area contributed by atoms with Gasteiger partial charge in [-0.05, 0) is 37.7 Å². The second-order valence-corrected chi connectivity index (χ2v) is 5.26. The zero-order valence-electron chi connectivity index (χ0n) is 9.65. The molecule has 0 radical (unpaired) electrons. The van der Waals surface area contributed by atoms with E-state index in [4.69, 9.17) is 0 Å². The van der Waals surface area contributed by atoms with Gasteiger partial charge in [0.1, 0.15) is 0 Å². The fraction of sp³-hybridized carbons (Fsp3) is 0.182. The maximum atomic E-state index is 11.6. The van der Waals surface area contributed by atoms with Crippen molar-refractivity contribution in [3.63, 3.8) is 0 Å². The molecule has 0 fully saturated rings. The summed E-state index contributed by atoms with van der Waals surface area (Å²) in [6.45, 7) is 5.10. The summed E-state index contributed by atoms with van der Waals surface area (Å²) in [4.78, 5) is 11.3. The Kier molecular flexibility index (Phi) is 4.03. The Labute approximate surface area is 101 Å². The van der Waals surface area contributed by atoms with Crippen LogP contribution in [0.15, 0.2) is 35.7 Å². The number of nitrogens with one attached hydrogen (secondary N) is 2. The normalized spacial score (nSPS) is 10.9. The maximum Gasteiger partial charge on any atom is 0.247 e. The molecular weight excluding hydrogens is 240 g/mol. The minimum Gasteiger partial charge on any atom is -0.322 e. The molecule has 2 N–H and O–H groups in total. The number of anilines is 1. The van der Waals surface area contributed by atoms with Gasteiger partial charge in [0.25, 0.3) is 0 Å². The maximum absolute atomic E-state index is 11.6. The minimum atomic E-state index is -3.51. The molecule has 92 valence electrons. The van der Waals surface area contributed by atoms with Crippen molar-refractivity contribution >= 4 is 21.6 Å². The largest absolute Gasteiger partial charge is 0.322 e. The third-order valence-electron chi connectivity index (χ3n) is 2.23. The van der Waals surface area contributed by atoms with Gasteiger partial charge >= 0.3 is 0 Å². The van der Waals surface area contributed by atoms with E-state index in [9.17, 15) is 13.2 Å². The van der Waals surface area contributed by atoms with Gasteiger partial charge in [-0.3, -0.25) is 4.79 Å². The van der Waals surface area contributed by atoms with Gasteiger partial charge in [0.05, 0.1) is 4.90 Å². The number of rotatable bonds is 4. The third kappa shape index (κ3) is 3.15.